The molecule has 0 bridgehead atoms. The first-order valence-electron chi connectivity index (χ1n) is 20.9. The molecule has 1 heterocycles. The highest BCUT2D eigenvalue weighted by Gasteiger charge is 2.71. The lowest BCUT2D eigenvalue weighted by Gasteiger charge is -2.73. The third-order valence-corrected chi connectivity index (χ3v) is 19.1. The molecule has 0 aromatic carbocycles. The molecule has 6 aliphatic rings. The zero-order valence-electron chi connectivity index (χ0n) is 34.4. The number of fused-ring (bicyclic) bond motifs is 7. The molecule has 0 aromatic rings. The minimum atomic E-state index is -3.00. The zero-order chi connectivity index (χ0) is 39.2. The molecular formula is C43H72N2O7S. The fourth-order valence-electron chi connectivity index (χ4n) is 14.2. The standard InChI is InChI=1S/C43H72N2O7S/c1-27(2)29-13-18-43(44-26-31(28(3)46)45-21-23-53(50,51)24-22-45)20-19-41(9)30(36(29)43)11-12-33-40(8)16-15-34(52-35(47)25-38(4,5)37(48)49)39(6,7)32(40)14-17-42(33,41)10/h28-34,36,44,46H,1,11-26H2,2-10H3,(H,48,49)/t28-,29+,30-,31?,32+,33-,34+,36-,40+,41-,42-,43+/m1/s1. The van der Waals surface area contributed by atoms with Gasteiger partial charge in [-0.05, 0) is 138 Å². The van der Waals surface area contributed by atoms with E-state index in [2.05, 4.69) is 58.3 Å². The van der Waals surface area contributed by atoms with Crippen LogP contribution in [0.4, 0.5) is 0 Å². The molecule has 5 saturated carbocycles. The van der Waals surface area contributed by atoms with E-state index in [1.54, 1.807) is 13.8 Å². The van der Waals surface area contributed by atoms with E-state index >= 15 is 0 Å². The van der Waals surface area contributed by atoms with Crippen molar-refractivity contribution in [2.45, 2.75) is 157 Å². The Hall–Kier alpha value is -1.49. The first-order chi connectivity index (χ1) is 24.4. The van der Waals surface area contributed by atoms with Crippen molar-refractivity contribution in [3.05, 3.63) is 12.2 Å². The van der Waals surface area contributed by atoms with Crippen LogP contribution in [0.3, 0.4) is 0 Å². The van der Waals surface area contributed by atoms with Gasteiger partial charge in [-0.3, -0.25) is 14.5 Å². The zero-order valence-corrected chi connectivity index (χ0v) is 35.2. The Kier molecular flexibility index (Phi) is 10.8. The molecule has 3 N–H and O–H groups in total. The summed E-state index contributed by atoms with van der Waals surface area (Å²) in [7, 11) is -3.00. The number of aliphatic carboxylic acids is 1. The third-order valence-electron chi connectivity index (χ3n) is 17.5. The van der Waals surface area contributed by atoms with Crippen molar-refractivity contribution in [2.75, 3.05) is 31.1 Å². The number of hydrogen-bond acceptors (Lipinski definition) is 8. The van der Waals surface area contributed by atoms with E-state index in [9.17, 15) is 28.2 Å². The lowest BCUT2D eigenvalue weighted by atomic mass is 9.32. The Balaban J connectivity index is 1.23. The minimum Gasteiger partial charge on any atom is -0.481 e. The summed E-state index contributed by atoms with van der Waals surface area (Å²) < 4.78 is 30.6. The molecule has 1 unspecified atom stereocenters. The Morgan fingerprint density at radius 1 is 0.925 bits per heavy atom. The van der Waals surface area contributed by atoms with Gasteiger partial charge in [0.05, 0.1) is 29.4 Å². The Morgan fingerprint density at radius 3 is 2.19 bits per heavy atom. The molecule has 1 aliphatic heterocycles. The van der Waals surface area contributed by atoms with Crippen molar-refractivity contribution in [2.24, 2.45) is 56.7 Å². The van der Waals surface area contributed by atoms with Gasteiger partial charge in [-0.15, -0.1) is 0 Å². The first kappa shape index (κ1) is 41.2. The summed E-state index contributed by atoms with van der Waals surface area (Å²) in [4.78, 5) is 27.1. The maximum absolute atomic E-state index is 13.1. The van der Waals surface area contributed by atoms with Gasteiger partial charge in [0.15, 0.2) is 9.84 Å². The SMILES string of the molecule is C=C(C)[C@@H]1CC[C@]2(NCC([C@@H](C)O)N3CCS(=O)(=O)CC3)CC[C@]3(C)[C@H](CC[C@@H]4[C@@]5(C)CC[C@H](OC(=O)CC(C)(C)C(=O)O)C(C)(C)[C@@H]5CC[C@]43C)[C@@H]12. The molecule has 6 rings (SSSR count). The second-order valence-corrected chi connectivity index (χ2v) is 23.2. The number of ether oxygens (including phenoxy) is 1. The largest absolute Gasteiger partial charge is 0.481 e. The van der Waals surface area contributed by atoms with Crippen LogP contribution in [0, 0.1) is 56.7 Å². The van der Waals surface area contributed by atoms with Gasteiger partial charge < -0.3 is 20.3 Å². The fraction of sp³-hybridized carbons (Fsp3) is 0.907. The van der Waals surface area contributed by atoms with E-state index in [0.717, 1.165) is 44.9 Å². The van der Waals surface area contributed by atoms with E-state index in [1.807, 2.05) is 6.92 Å². The number of esters is 1. The van der Waals surface area contributed by atoms with Gasteiger partial charge in [0.25, 0.3) is 0 Å². The Morgan fingerprint density at radius 2 is 1.58 bits per heavy atom. The van der Waals surface area contributed by atoms with E-state index < -0.39 is 33.3 Å². The number of carboxylic acids is 1. The number of rotatable bonds is 10. The quantitative estimate of drug-likeness (QED) is 0.161. The van der Waals surface area contributed by atoms with Gasteiger partial charge in [0, 0.05) is 36.6 Å². The molecule has 5 aliphatic carbocycles. The number of carbonyl (C=O) groups excluding carboxylic acids is 1. The number of carbonyl (C=O) groups is 2. The number of hydrogen-bond donors (Lipinski definition) is 3. The average molecular weight is 761 g/mol. The molecule has 302 valence electrons. The molecule has 0 amide bonds. The number of aliphatic hydroxyl groups is 1. The van der Waals surface area contributed by atoms with Gasteiger partial charge in [0.2, 0.25) is 0 Å². The molecule has 1 saturated heterocycles. The van der Waals surface area contributed by atoms with E-state index in [1.165, 1.54) is 24.8 Å². The normalized spacial score (nSPS) is 43.3. The van der Waals surface area contributed by atoms with Crippen molar-refractivity contribution in [1.82, 2.24) is 10.2 Å². The van der Waals surface area contributed by atoms with Crippen LogP contribution in [-0.2, 0) is 24.2 Å². The average Bonchev–Trinajstić information content (AvgIpc) is 3.43. The van der Waals surface area contributed by atoms with Crippen LogP contribution in [0.1, 0.15) is 133 Å². The van der Waals surface area contributed by atoms with Crippen molar-refractivity contribution in [3.8, 4) is 0 Å². The van der Waals surface area contributed by atoms with E-state index in [-0.39, 0.29) is 57.3 Å². The predicted molar refractivity (Wildman–Crippen MR) is 209 cm³/mol. The molecule has 53 heavy (non-hydrogen) atoms. The first-order valence-corrected chi connectivity index (χ1v) is 22.7. The number of nitrogens with zero attached hydrogens (tertiary/aromatic N) is 1. The summed E-state index contributed by atoms with van der Waals surface area (Å²) in [5, 5.41) is 24.8. The van der Waals surface area contributed by atoms with Crippen molar-refractivity contribution in [1.29, 1.82) is 0 Å². The van der Waals surface area contributed by atoms with Crippen LogP contribution in [0.15, 0.2) is 12.2 Å². The van der Waals surface area contributed by atoms with Gasteiger partial charge in [0.1, 0.15) is 6.10 Å². The molecule has 6 fully saturated rings. The summed E-state index contributed by atoms with van der Waals surface area (Å²) in [5.41, 5.74) is 0.359. The maximum Gasteiger partial charge on any atom is 0.309 e. The van der Waals surface area contributed by atoms with Gasteiger partial charge >= 0.3 is 11.9 Å². The molecular weight excluding hydrogens is 689 g/mol. The predicted octanol–water partition coefficient (Wildman–Crippen LogP) is 6.88. The highest BCUT2D eigenvalue weighted by Crippen LogP contribution is 2.76. The smallest absolute Gasteiger partial charge is 0.309 e. The number of allylic oxidation sites excluding steroid dienone is 1. The highest BCUT2D eigenvalue weighted by molar-refractivity contribution is 7.91. The van der Waals surface area contributed by atoms with Crippen LogP contribution in [-0.4, -0.2) is 90.4 Å². The summed E-state index contributed by atoms with van der Waals surface area (Å²) in [6.45, 7) is 25.9. The molecule has 10 heteroatoms. The summed E-state index contributed by atoms with van der Waals surface area (Å²) in [5.74, 6) is 1.40. The molecule has 0 spiro atoms. The second kappa shape index (κ2) is 13.9. The molecule has 12 atom stereocenters. The third kappa shape index (κ3) is 6.77. The van der Waals surface area contributed by atoms with Crippen LogP contribution >= 0.6 is 0 Å². The van der Waals surface area contributed by atoms with E-state index in [0.29, 0.717) is 49.2 Å². The number of carboxylic acid groups (broad SMARTS) is 1. The van der Waals surface area contributed by atoms with E-state index in [4.69, 9.17) is 4.74 Å². The van der Waals surface area contributed by atoms with Gasteiger partial charge in [-0.2, -0.15) is 0 Å². The Labute approximate surface area is 320 Å². The second-order valence-electron chi connectivity index (χ2n) is 20.9. The molecule has 9 nitrogen and oxygen atoms in total. The summed E-state index contributed by atoms with van der Waals surface area (Å²) in [6.07, 6.45) is 10.1. The minimum absolute atomic E-state index is 0.0216. The lowest BCUT2D eigenvalue weighted by molar-refractivity contribution is -0.246. The number of sulfone groups is 1. The monoisotopic (exact) mass is 761 g/mol. The fourth-order valence-corrected chi connectivity index (χ4v) is 15.5. The molecule has 0 radical (unpaired) electrons. The van der Waals surface area contributed by atoms with Gasteiger partial charge in [-0.25, -0.2) is 8.42 Å². The van der Waals surface area contributed by atoms with Crippen molar-refractivity contribution in [3.63, 3.8) is 0 Å². The maximum atomic E-state index is 13.1. The summed E-state index contributed by atoms with van der Waals surface area (Å²) >= 11 is 0. The van der Waals surface area contributed by atoms with Gasteiger partial charge in [-0.1, -0.05) is 46.8 Å². The van der Waals surface area contributed by atoms with Crippen LogP contribution in [0.5, 0.6) is 0 Å². The summed E-state index contributed by atoms with van der Waals surface area (Å²) in [6, 6.07) is -0.123. The van der Waals surface area contributed by atoms with Crippen molar-refractivity contribution >= 4 is 21.8 Å². The highest BCUT2D eigenvalue weighted by atomic mass is 32.2. The number of aliphatic hydroxyl groups excluding tert-OH is 1. The number of nitrogens with one attached hydrogen (secondary N) is 1. The van der Waals surface area contributed by atoms with Crippen LogP contribution in [0.25, 0.3) is 0 Å². The topological polar surface area (TPSA) is 133 Å². The van der Waals surface area contributed by atoms with Crippen LogP contribution in [0.2, 0.25) is 0 Å². The molecule has 0 aromatic heterocycles. The Bertz CT molecular complexity index is 1540. The lowest BCUT2D eigenvalue weighted by Crippen LogP contribution is -2.69. The van der Waals surface area contributed by atoms with Crippen molar-refractivity contribution < 1.29 is 33.0 Å². The van der Waals surface area contributed by atoms with Crippen LogP contribution < -0.4 is 5.32 Å².